The molecule has 2 amide bonds. The van der Waals surface area contributed by atoms with Crippen LogP contribution in [0.5, 0.6) is 0 Å². The number of anilines is 1. The normalized spacial score (nSPS) is 12.1. The maximum absolute atomic E-state index is 11.8. The van der Waals surface area contributed by atoms with Gasteiger partial charge in [-0.25, -0.2) is 9.59 Å². The molecule has 5 nitrogen and oxygen atoms in total. The third kappa shape index (κ3) is 4.90. The molecule has 0 aromatic heterocycles. The second kappa shape index (κ2) is 7.36. The van der Waals surface area contributed by atoms with Gasteiger partial charge in [0.25, 0.3) is 0 Å². The molecule has 0 saturated carbocycles. The molecular weight excluding hydrogens is 303 g/mol. The fraction of sp³-hybridized carbons (Fsp3) is 0.385. The van der Waals surface area contributed by atoms with Gasteiger partial charge in [-0.3, -0.25) is 0 Å². The number of carbonyl (C=O) groups excluding carboxylic acids is 1. The molecule has 1 aromatic carbocycles. The summed E-state index contributed by atoms with van der Waals surface area (Å²) in [6.45, 7) is 3.75. The van der Waals surface area contributed by atoms with Crippen molar-refractivity contribution in [2.24, 2.45) is 5.92 Å². The fourth-order valence-electron chi connectivity index (χ4n) is 1.62. The Morgan fingerprint density at radius 1 is 1.25 bits per heavy atom. The highest BCUT2D eigenvalue weighted by atomic mass is 35.5. The highest BCUT2D eigenvalue weighted by Gasteiger charge is 2.21. The Bertz CT molecular complexity index is 486. The van der Waals surface area contributed by atoms with Crippen molar-refractivity contribution in [2.75, 3.05) is 5.32 Å². The molecule has 0 fully saturated rings. The summed E-state index contributed by atoms with van der Waals surface area (Å²) in [4.78, 5) is 22.9. The molecule has 0 bridgehead atoms. The molecule has 0 aliphatic carbocycles. The molecule has 0 aliphatic rings. The Morgan fingerprint density at radius 3 is 2.25 bits per heavy atom. The van der Waals surface area contributed by atoms with Crippen LogP contribution in [0, 0.1) is 5.92 Å². The first-order valence-corrected chi connectivity index (χ1v) is 6.81. The number of benzene rings is 1. The molecule has 1 unspecified atom stereocenters. The quantitative estimate of drug-likeness (QED) is 0.775. The maximum Gasteiger partial charge on any atom is 0.326 e. The van der Waals surface area contributed by atoms with Gasteiger partial charge in [-0.2, -0.15) is 0 Å². The van der Waals surface area contributed by atoms with Crippen LogP contribution in [0.1, 0.15) is 20.3 Å². The smallest absolute Gasteiger partial charge is 0.326 e. The van der Waals surface area contributed by atoms with E-state index in [1.165, 1.54) is 0 Å². The lowest BCUT2D eigenvalue weighted by Gasteiger charge is -2.17. The van der Waals surface area contributed by atoms with Crippen LogP contribution in [0.3, 0.4) is 0 Å². The lowest BCUT2D eigenvalue weighted by Crippen LogP contribution is -2.43. The molecule has 0 saturated heterocycles. The van der Waals surface area contributed by atoms with Crippen LogP contribution in [0.15, 0.2) is 18.2 Å². The molecule has 20 heavy (non-hydrogen) atoms. The van der Waals surface area contributed by atoms with E-state index in [4.69, 9.17) is 28.3 Å². The van der Waals surface area contributed by atoms with E-state index < -0.39 is 18.0 Å². The molecule has 110 valence electrons. The van der Waals surface area contributed by atoms with Gasteiger partial charge >= 0.3 is 12.0 Å². The van der Waals surface area contributed by atoms with Crippen molar-refractivity contribution in [2.45, 2.75) is 26.3 Å². The fourth-order valence-corrected chi connectivity index (χ4v) is 2.11. The molecular formula is C13H16Cl2N2O3. The van der Waals surface area contributed by atoms with Crippen molar-refractivity contribution in [3.05, 3.63) is 28.2 Å². The molecule has 3 N–H and O–H groups in total. The van der Waals surface area contributed by atoms with Gasteiger partial charge in [-0.1, -0.05) is 43.1 Å². The van der Waals surface area contributed by atoms with Crippen LogP contribution in [0.2, 0.25) is 10.0 Å². The van der Waals surface area contributed by atoms with Crippen LogP contribution < -0.4 is 10.6 Å². The topological polar surface area (TPSA) is 78.4 Å². The third-order valence-corrected chi connectivity index (χ3v) is 3.14. The van der Waals surface area contributed by atoms with Crippen molar-refractivity contribution in [3.63, 3.8) is 0 Å². The molecule has 1 atom stereocenters. The summed E-state index contributed by atoms with van der Waals surface area (Å²) in [5.74, 6) is -0.945. The largest absolute Gasteiger partial charge is 0.480 e. The summed E-state index contributed by atoms with van der Waals surface area (Å²) in [6, 6.07) is 3.17. The number of nitrogens with one attached hydrogen (secondary N) is 2. The van der Waals surface area contributed by atoms with E-state index in [9.17, 15) is 9.59 Å². The first-order chi connectivity index (χ1) is 9.31. The summed E-state index contributed by atoms with van der Waals surface area (Å²) in [5.41, 5.74) is 0.252. The van der Waals surface area contributed by atoms with Gasteiger partial charge in [0.2, 0.25) is 0 Å². The minimum absolute atomic E-state index is 0.139. The number of hydrogen-bond acceptors (Lipinski definition) is 2. The van der Waals surface area contributed by atoms with Crippen molar-refractivity contribution in [1.29, 1.82) is 0 Å². The molecule has 0 radical (unpaired) electrons. The molecule has 1 rings (SSSR count). The first kappa shape index (κ1) is 16.6. The van der Waals surface area contributed by atoms with Crippen LogP contribution in [0.25, 0.3) is 0 Å². The highest BCUT2D eigenvalue weighted by molar-refractivity contribution is 6.39. The third-order valence-electron chi connectivity index (χ3n) is 2.51. The maximum atomic E-state index is 11.8. The Kier molecular flexibility index (Phi) is 6.10. The van der Waals surface area contributed by atoms with E-state index in [1.807, 2.05) is 13.8 Å². The zero-order valence-corrected chi connectivity index (χ0v) is 12.6. The van der Waals surface area contributed by atoms with E-state index >= 15 is 0 Å². The average molecular weight is 319 g/mol. The van der Waals surface area contributed by atoms with E-state index in [0.29, 0.717) is 6.42 Å². The van der Waals surface area contributed by atoms with Crippen molar-refractivity contribution in [3.8, 4) is 0 Å². The number of carboxylic acids is 1. The van der Waals surface area contributed by atoms with Gasteiger partial charge in [0.05, 0.1) is 15.7 Å². The van der Waals surface area contributed by atoms with Gasteiger partial charge in [0.1, 0.15) is 6.04 Å². The van der Waals surface area contributed by atoms with E-state index in [1.54, 1.807) is 18.2 Å². The van der Waals surface area contributed by atoms with Gasteiger partial charge in [-0.15, -0.1) is 0 Å². The van der Waals surface area contributed by atoms with Crippen LogP contribution in [-0.2, 0) is 4.79 Å². The molecule has 7 heteroatoms. The lowest BCUT2D eigenvalue weighted by molar-refractivity contribution is -0.139. The Balaban J connectivity index is 2.73. The number of halogens is 2. The van der Waals surface area contributed by atoms with Crippen LogP contribution >= 0.6 is 23.2 Å². The minimum atomic E-state index is -1.08. The summed E-state index contributed by atoms with van der Waals surface area (Å²) in [6.07, 6.45) is 0.332. The van der Waals surface area contributed by atoms with Gasteiger partial charge in [0.15, 0.2) is 0 Å². The Labute approximate surface area is 127 Å². The number of carboxylic acid groups (broad SMARTS) is 1. The number of carbonyl (C=O) groups is 2. The highest BCUT2D eigenvalue weighted by Crippen LogP contribution is 2.29. The molecule has 0 spiro atoms. The summed E-state index contributed by atoms with van der Waals surface area (Å²) >= 11 is 11.8. The second-order valence-electron chi connectivity index (χ2n) is 4.72. The zero-order chi connectivity index (χ0) is 15.3. The SMILES string of the molecule is CC(C)CC(NC(=O)Nc1c(Cl)cccc1Cl)C(=O)O. The van der Waals surface area contributed by atoms with Gasteiger partial charge in [-0.05, 0) is 24.5 Å². The Morgan fingerprint density at radius 2 is 1.80 bits per heavy atom. The number of aliphatic carboxylic acids is 1. The molecule has 0 aliphatic heterocycles. The van der Waals surface area contributed by atoms with Crippen molar-refractivity contribution >= 4 is 40.9 Å². The predicted molar refractivity (Wildman–Crippen MR) is 79.5 cm³/mol. The van der Waals surface area contributed by atoms with Crippen molar-refractivity contribution < 1.29 is 14.7 Å². The zero-order valence-electron chi connectivity index (χ0n) is 11.1. The molecule has 0 heterocycles. The van der Waals surface area contributed by atoms with E-state index in [2.05, 4.69) is 10.6 Å². The Hall–Kier alpha value is -1.46. The number of amides is 2. The number of urea groups is 1. The van der Waals surface area contributed by atoms with E-state index in [0.717, 1.165) is 0 Å². The van der Waals surface area contributed by atoms with Gasteiger partial charge < -0.3 is 15.7 Å². The number of para-hydroxylation sites is 1. The van der Waals surface area contributed by atoms with Gasteiger partial charge in [0, 0.05) is 0 Å². The summed E-state index contributed by atoms with van der Waals surface area (Å²) in [7, 11) is 0. The monoisotopic (exact) mass is 318 g/mol. The molecule has 1 aromatic rings. The predicted octanol–water partition coefficient (Wildman–Crippen LogP) is 3.61. The second-order valence-corrected chi connectivity index (χ2v) is 5.53. The number of hydrogen-bond donors (Lipinski definition) is 3. The van der Waals surface area contributed by atoms with Crippen LogP contribution in [-0.4, -0.2) is 23.1 Å². The van der Waals surface area contributed by atoms with E-state index in [-0.39, 0.29) is 21.7 Å². The lowest BCUT2D eigenvalue weighted by atomic mass is 10.0. The minimum Gasteiger partial charge on any atom is -0.480 e. The summed E-state index contributed by atoms with van der Waals surface area (Å²) < 4.78 is 0. The van der Waals surface area contributed by atoms with Crippen molar-refractivity contribution in [1.82, 2.24) is 5.32 Å². The standard InChI is InChI=1S/C13H16Cl2N2O3/c1-7(2)6-10(12(18)19)16-13(20)17-11-8(14)4-3-5-9(11)15/h3-5,7,10H,6H2,1-2H3,(H,18,19)(H2,16,17,20). The average Bonchev–Trinajstić information content (AvgIpc) is 2.32. The van der Waals surface area contributed by atoms with Crippen LogP contribution in [0.4, 0.5) is 10.5 Å². The number of rotatable bonds is 5. The first-order valence-electron chi connectivity index (χ1n) is 6.05. The summed E-state index contributed by atoms with van der Waals surface area (Å²) in [5, 5.41) is 14.5.